The third-order valence-electron chi connectivity index (χ3n) is 5.10. The number of amides is 1. The minimum Gasteiger partial charge on any atom is -0.368 e. The van der Waals surface area contributed by atoms with Gasteiger partial charge in [0, 0.05) is 25.8 Å². The zero-order valence-electron chi connectivity index (χ0n) is 16.0. The predicted octanol–water partition coefficient (Wildman–Crippen LogP) is 0.478. The second kappa shape index (κ2) is 6.36. The number of nitrogens with two attached hydrogens (primary N) is 1. The molecule has 1 aliphatic rings. The molecular formula is C19H22N6O3. The summed E-state index contributed by atoms with van der Waals surface area (Å²) in [6.07, 6.45) is 0. The van der Waals surface area contributed by atoms with Gasteiger partial charge < -0.3 is 15.2 Å². The first-order valence-electron chi connectivity index (χ1n) is 9.10. The van der Waals surface area contributed by atoms with Crippen molar-refractivity contribution in [3.05, 3.63) is 50.7 Å². The van der Waals surface area contributed by atoms with Gasteiger partial charge in [-0.3, -0.25) is 14.2 Å². The SMILES string of the molecule is Cc1ccc(N2C[C@H](C)Cn3c2nc2c3c(=O)n(CC(N)=O)c(=O)n2C)cc1. The molecule has 0 bridgehead atoms. The molecule has 9 nitrogen and oxygen atoms in total. The number of aryl methyl sites for hydroxylation is 2. The Kier molecular flexibility index (Phi) is 4.10. The quantitative estimate of drug-likeness (QED) is 0.709. The Morgan fingerprint density at radius 2 is 1.89 bits per heavy atom. The second-order valence-electron chi connectivity index (χ2n) is 7.45. The van der Waals surface area contributed by atoms with E-state index in [0.29, 0.717) is 23.7 Å². The van der Waals surface area contributed by atoms with E-state index in [4.69, 9.17) is 5.73 Å². The Morgan fingerprint density at radius 3 is 2.54 bits per heavy atom. The van der Waals surface area contributed by atoms with E-state index in [0.717, 1.165) is 22.4 Å². The second-order valence-corrected chi connectivity index (χ2v) is 7.45. The Bertz CT molecular complexity index is 1200. The summed E-state index contributed by atoms with van der Waals surface area (Å²) in [4.78, 5) is 43.6. The van der Waals surface area contributed by atoms with Crippen LogP contribution in [0.5, 0.6) is 0 Å². The average molecular weight is 382 g/mol. The first-order valence-corrected chi connectivity index (χ1v) is 9.10. The van der Waals surface area contributed by atoms with E-state index < -0.39 is 23.7 Å². The highest BCUT2D eigenvalue weighted by molar-refractivity contribution is 5.78. The molecular weight excluding hydrogens is 360 g/mol. The number of imidazole rings is 1. The number of anilines is 2. The Labute approximate surface area is 160 Å². The summed E-state index contributed by atoms with van der Waals surface area (Å²) in [7, 11) is 1.54. The number of hydrogen-bond donors (Lipinski definition) is 1. The molecule has 3 aromatic rings. The Balaban J connectivity index is 2.00. The molecule has 0 saturated carbocycles. The number of hydrogen-bond acceptors (Lipinski definition) is 5. The van der Waals surface area contributed by atoms with Gasteiger partial charge in [-0.2, -0.15) is 4.98 Å². The molecule has 0 spiro atoms. The molecule has 0 fully saturated rings. The molecule has 9 heteroatoms. The maximum absolute atomic E-state index is 13.0. The van der Waals surface area contributed by atoms with Crippen molar-refractivity contribution in [3.8, 4) is 0 Å². The van der Waals surface area contributed by atoms with E-state index in [1.165, 1.54) is 4.57 Å². The van der Waals surface area contributed by atoms with Gasteiger partial charge in [-0.15, -0.1) is 0 Å². The van der Waals surface area contributed by atoms with Crippen molar-refractivity contribution in [2.75, 3.05) is 11.4 Å². The molecule has 28 heavy (non-hydrogen) atoms. The summed E-state index contributed by atoms with van der Waals surface area (Å²) in [5, 5.41) is 0. The number of aromatic nitrogens is 4. The molecule has 3 heterocycles. The maximum atomic E-state index is 13.0. The lowest BCUT2D eigenvalue weighted by Gasteiger charge is -2.33. The highest BCUT2D eigenvalue weighted by atomic mass is 16.2. The van der Waals surface area contributed by atoms with Gasteiger partial charge in [0.1, 0.15) is 6.54 Å². The summed E-state index contributed by atoms with van der Waals surface area (Å²) in [6, 6.07) is 8.08. The number of benzene rings is 1. The van der Waals surface area contributed by atoms with E-state index >= 15 is 0 Å². The van der Waals surface area contributed by atoms with Gasteiger partial charge in [-0.25, -0.2) is 9.36 Å². The van der Waals surface area contributed by atoms with Crippen LogP contribution in [-0.4, -0.2) is 31.1 Å². The predicted molar refractivity (Wildman–Crippen MR) is 106 cm³/mol. The van der Waals surface area contributed by atoms with E-state index in [1.807, 2.05) is 35.8 Å². The highest BCUT2D eigenvalue weighted by Crippen LogP contribution is 2.32. The number of fused-ring (bicyclic) bond motifs is 3. The van der Waals surface area contributed by atoms with Crippen molar-refractivity contribution in [1.29, 1.82) is 0 Å². The van der Waals surface area contributed by atoms with E-state index in [9.17, 15) is 14.4 Å². The average Bonchev–Trinajstić information content (AvgIpc) is 3.03. The zero-order valence-corrected chi connectivity index (χ0v) is 16.0. The lowest BCUT2D eigenvalue weighted by atomic mass is 10.1. The van der Waals surface area contributed by atoms with Crippen molar-refractivity contribution in [1.82, 2.24) is 18.7 Å². The zero-order chi connectivity index (χ0) is 20.2. The summed E-state index contributed by atoms with van der Waals surface area (Å²) >= 11 is 0. The summed E-state index contributed by atoms with van der Waals surface area (Å²) < 4.78 is 4.00. The molecule has 0 radical (unpaired) electrons. The van der Waals surface area contributed by atoms with Crippen LogP contribution in [0.1, 0.15) is 12.5 Å². The Hall–Kier alpha value is -3.36. The highest BCUT2D eigenvalue weighted by Gasteiger charge is 2.29. The van der Waals surface area contributed by atoms with Crippen LogP contribution in [0.25, 0.3) is 11.2 Å². The first kappa shape index (κ1) is 18.0. The van der Waals surface area contributed by atoms with Gasteiger partial charge in [0.2, 0.25) is 11.9 Å². The van der Waals surface area contributed by atoms with Crippen LogP contribution in [0.4, 0.5) is 11.6 Å². The minimum absolute atomic E-state index is 0.257. The molecule has 2 N–H and O–H groups in total. The molecule has 0 aliphatic carbocycles. The lowest BCUT2D eigenvalue weighted by molar-refractivity contribution is -0.118. The lowest BCUT2D eigenvalue weighted by Crippen LogP contribution is -2.43. The molecule has 0 unspecified atom stereocenters. The van der Waals surface area contributed by atoms with Crippen molar-refractivity contribution in [3.63, 3.8) is 0 Å². The fourth-order valence-electron chi connectivity index (χ4n) is 3.74. The van der Waals surface area contributed by atoms with Crippen LogP contribution >= 0.6 is 0 Å². The van der Waals surface area contributed by atoms with Crippen LogP contribution in [-0.2, 0) is 24.9 Å². The van der Waals surface area contributed by atoms with Gasteiger partial charge in [0.05, 0.1) is 0 Å². The first-order chi connectivity index (χ1) is 13.3. The Morgan fingerprint density at radius 1 is 1.21 bits per heavy atom. The number of carbonyl (C=O) groups is 1. The van der Waals surface area contributed by atoms with E-state index in [1.54, 1.807) is 7.05 Å². The fourth-order valence-corrected chi connectivity index (χ4v) is 3.74. The molecule has 1 aliphatic heterocycles. The van der Waals surface area contributed by atoms with Gasteiger partial charge in [0.15, 0.2) is 11.2 Å². The normalized spacial score (nSPS) is 16.4. The number of primary amides is 1. The van der Waals surface area contributed by atoms with E-state index in [2.05, 4.69) is 16.8 Å². The standard InChI is InChI=1S/C19H22N6O3/c1-11-4-6-13(7-5-11)23-8-12(2)9-24-15-16(21-18(23)24)22(3)19(28)25(17(15)27)10-14(20)26/h4-7,12H,8-10H2,1-3H3,(H2,20,26)/t12-/m0/s1. The molecule has 4 rings (SSSR count). The molecule has 1 atom stereocenters. The monoisotopic (exact) mass is 382 g/mol. The molecule has 0 saturated heterocycles. The van der Waals surface area contributed by atoms with Crippen molar-refractivity contribution in [2.24, 2.45) is 18.7 Å². The largest absolute Gasteiger partial charge is 0.368 e. The molecule has 1 aromatic carbocycles. The third-order valence-corrected chi connectivity index (χ3v) is 5.10. The maximum Gasteiger partial charge on any atom is 0.332 e. The summed E-state index contributed by atoms with van der Waals surface area (Å²) in [5.74, 6) is 0.125. The van der Waals surface area contributed by atoms with Gasteiger partial charge in [-0.1, -0.05) is 24.6 Å². The van der Waals surface area contributed by atoms with E-state index in [-0.39, 0.29) is 5.92 Å². The minimum atomic E-state index is -0.744. The topological polar surface area (TPSA) is 108 Å². The summed E-state index contributed by atoms with van der Waals surface area (Å²) in [5.41, 5.74) is 6.80. The van der Waals surface area contributed by atoms with Crippen LogP contribution in [0.3, 0.4) is 0 Å². The number of nitrogens with zero attached hydrogens (tertiary/aromatic N) is 5. The molecule has 1 amide bonds. The van der Waals surface area contributed by atoms with Crippen LogP contribution in [0.2, 0.25) is 0 Å². The van der Waals surface area contributed by atoms with Crippen LogP contribution in [0, 0.1) is 12.8 Å². The smallest absolute Gasteiger partial charge is 0.332 e. The fraction of sp³-hybridized carbons (Fsp3) is 0.368. The van der Waals surface area contributed by atoms with Gasteiger partial charge in [-0.05, 0) is 25.0 Å². The number of carbonyl (C=O) groups excluding carboxylic acids is 1. The molecule has 146 valence electrons. The number of rotatable bonds is 3. The van der Waals surface area contributed by atoms with Crippen molar-refractivity contribution in [2.45, 2.75) is 26.9 Å². The third kappa shape index (κ3) is 2.70. The van der Waals surface area contributed by atoms with Crippen molar-refractivity contribution >= 4 is 28.7 Å². The van der Waals surface area contributed by atoms with Crippen LogP contribution in [0.15, 0.2) is 33.9 Å². The van der Waals surface area contributed by atoms with Gasteiger partial charge >= 0.3 is 5.69 Å². The van der Waals surface area contributed by atoms with Gasteiger partial charge in [0.25, 0.3) is 5.56 Å². The molecule has 2 aromatic heterocycles. The van der Waals surface area contributed by atoms with Crippen molar-refractivity contribution < 1.29 is 4.79 Å². The van der Waals surface area contributed by atoms with Crippen LogP contribution < -0.4 is 21.9 Å². The summed E-state index contributed by atoms with van der Waals surface area (Å²) in [6.45, 7) is 5.00.